The highest BCUT2D eigenvalue weighted by Crippen LogP contribution is 2.45. The zero-order valence-corrected chi connectivity index (χ0v) is 39.4. The lowest BCUT2D eigenvalue weighted by Crippen LogP contribution is -2.69. The van der Waals surface area contributed by atoms with E-state index in [1.165, 1.54) is 0 Å². The molecule has 0 N–H and O–H groups in total. The van der Waals surface area contributed by atoms with Crippen LogP contribution in [0.3, 0.4) is 0 Å². The van der Waals surface area contributed by atoms with Gasteiger partial charge in [0.25, 0.3) is 5.44 Å². The summed E-state index contributed by atoms with van der Waals surface area (Å²) in [6.07, 6.45) is -8.35. The van der Waals surface area contributed by atoms with Gasteiger partial charge in [0.2, 0.25) is 0 Å². The summed E-state index contributed by atoms with van der Waals surface area (Å²) in [6.45, 7) is 11.9. The maximum absolute atomic E-state index is 15.0. The van der Waals surface area contributed by atoms with E-state index in [1.54, 1.807) is 0 Å². The Kier molecular flexibility index (Phi) is 14.7. The molecule has 65 heavy (non-hydrogen) atoms. The van der Waals surface area contributed by atoms with Gasteiger partial charge in [0.15, 0.2) is 38.2 Å². The highest BCUT2D eigenvalue weighted by atomic mass is 32.2. The van der Waals surface area contributed by atoms with Gasteiger partial charge in [-0.2, -0.15) is 0 Å². The molecule has 4 fully saturated rings. The number of ether oxygens (including phenoxy) is 9. The van der Waals surface area contributed by atoms with Gasteiger partial charge >= 0.3 is 0 Å². The topological polar surface area (TPSA) is 115 Å². The lowest BCUT2D eigenvalue weighted by atomic mass is 9.96. The Morgan fingerprint density at radius 1 is 0.554 bits per heavy atom. The van der Waals surface area contributed by atoms with Gasteiger partial charge in [0, 0.05) is 22.3 Å². The quantitative estimate of drug-likeness (QED) is 0.0784. The summed E-state index contributed by atoms with van der Waals surface area (Å²) >= 11 is -1.75. The van der Waals surface area contributed by atoms with E-state index in [2.05, 4.69) is 33.9 Å². The molecule has 0 radical (unpaired) electrons. The van der Waals surface area contributed by atoms with Crippen LogP contribution >= 0.6 is 0 Å². The van der Waals surface area contributed by atoms with Crippen LogP contribution in [-0.2, 0) is 71.4 Å². The van der Waals surface area contributed by atoms with Crippen LogP contribution in [-0.4, -0.2) is 86.6 Å². The summed E-state index contributed by atoms with van der Waals surface area (Å²) in [5.74, 6) is 0. The molecule has 4 heterocycles. The maximum atomic E-state index is 15.0. The first-order chi connectivity index (χ1) is 31.5. The van der Waals surface area contributed by atoms with Crippen LogP contribution in [0, 0.1) is 0 Å². The minimum absolute atomic E-state index is 0.179. The molecule has 0 bridgehead atoms. The van der Waals surface area contributed by atoms with E-state index in [0.717, 1.165) is 22.3 Å². The minimum Gasteiger partial charge on any atom is -0.609 e. The van der Waals surface area contributed by atoms with Crippen molar-refractivity contribution in [2.24, 2.45) is 0 Å². The van der Waals surface area contributed by atoms with Crippen molar-refractivity contribution in [3.63, 3.8) is 0 Å². The van der Waals surface area contributed by atoms with Crippen molar-refractivity contribution in [2.75, 3.05) is 13.2 Å². The first kappa shape index (κ1) is 46.3. The lowest BCUT2D eigenvalue weighted by molar-refractivity contribution is -0.387. The number of fused-ring (bicyclic) bond motifs is 2. The maximum Gasteiger partial charge on any atom is 0.250 e. The van der Waals surface area contributed by atoms with Gasteiger partial charge in [-0.05, 0) is 41.4 Å². The molecular formula is C52H60O11SSi. The SMILES string of the molecule is CC(C)(C)[Si](C)(C)O[C@@H]1[C@H](O[C@H]2[C@@H](OCc3ccccc3)[C@@H]3OC(c4ccccc4)OC[C@H]3O[C@@H]2[S+]([O-])c2ccccc2)O[C@@H]2COC(c3ccccc3)O[C@H]2[C@@H]1OCc1ccccc1. The van der Waals surface area contributed by atoms with E-state index >= 15 is 4.55 Å². The molecule has 344 valence electrons. The molecule has 5 aromatic rings. The third-order valence-electron chi connectivity index (χ3n) is 13.0. The molecule has 11 nitrogen and oxygen atoms in total. The van der Waals surface area contributed by atoms with Crippen molar-refractivity contribution in [1.82, 2.24) is 0 Å². The van der Waals surface area contributed by atoms with Gasteiger partial charge in [-0.25, -0.2) is 0 Å². The summed E-state index contributed by atoms with van der Waals surface area (Å²) in [5.41, 5.74) is 2.65. The smallest absolute Gasteiger partial charge is 0.250 e. The van der Waals surface area contributed by atoms with Gasteiger partial charge in [-0.3, -0.25) is 0 Å². The molecule has 4 aliphatic rings. The molecule has 9 rings (SSSR count). The van der Waals surface area contributed by atoms with Crippen LogP contribution in [0.1, 0.15) is 55.6 Å². The van der Waals surface area contributed by atoms with Crippen molar-refractivity contribution >= 4 is 19.5 Å². The molecular weight excluding hydrogens is 861 g/mol. The molecule has 3 unspecified atom stereocenters. The predicted octanol–water partition coefficient (Wildman–Crippen LogP) is 9.42. The Morgan fingerprint density at radius 3 is 1.46 bits per heavy atom. The summed E-state index contributed by atoms with van der Waals surface area (Å²) in [4.78, 5) is 0.579. The Labute approximate surface area is 386 Å². The first-order valence-electron chi connectivity index (χ1n) is 22.6. The molecule has 0 saturated carbocycles. The van der Waals surface area contributed by atoms with Gasteiger partial charge in [-0.1, -0.05) is 160 Å². The Balaban J connectivity index is 1.12. The second-order valence-corrected chi connectivity index (χ2v) is 24.8. The molecule has 0 aromatic heterocycles. The van der Waals surface area contributed by atoms with Crippen molar-refractivity contribution in [3.8, 4) is 0 Å². The fraction of sp³-hybridized carbons (Fsp3) is 0.423. The number of hydrogen-bond acceptors (Lipinski definition) is 11. The van der Waals surface area contributed by atoms with Gasteiger partial charge in [-0.15, -0.1) is 0 Å². The average molecular weight is 921 g/mol. The van der Waals surface area contributed by atoms with Gasteiger partial charge in [0.05, 0.1) is 26.4 Å². The third kappa shape index (κ3) is 10.7. The Bertz CT molecular complexity index is 2220. The molecule has 13 atom stereocenters. The number of rotatable bonds is 14. The van der Waals surface area contributed by atoms with Crippen molar-refractivity contribution in [2.45, 2.75) is 130 Å². The number of hydrogen-bond donors (Lipinski definition) is 0. The number of benzene rings is 5. The summed E-state index contributed by atoms with van der Waals surface area (Å²) in [5, 5.41) is -0.205. The molecule has 0 amide bonds. The Morgan fingerprint density at radius 2 is 0.985 bits per heavy atom. The standard InChI is InChI=1S/C52H60O11SSi/c1-52(2,3)65(4,5)63-46-44(54-31-35-21-11-6-12-22-35)42-40(33-56-48(60-42)37-25-15-8-16-26-37)58-50(46)62-47-45(55-32-36-23-13-7-14-24-36)43-41(34-57-49(61-43)38-27-17-9-18-28-38)59-51(47)64(53)39-29-19-10-20-30-39/h6-30,40-51H,31-34H2,1-5H3/t40-,41-,42-,43-,44+,45+,46+,47+,48?,49?,50+,51-,64?/m1/s1. The van der Waals surface area contributed by atoms with E-state index in [0.29, 0.717) is 4.90 Å². The second kappa shape index (κ2) is 20.6. The average Bonchev–Trinajstić information content (AvgIpc) is 3.33. The van der Waals surface area contributed by atoms with Crippen LogP contribution in [0.4, 0.5) is 0 Å². The van der Waals surface area contributed by atoms with Crippen LogP contribution < -0.4 is 0 Å². The minimum atomic E-state index is -2.62. The van der Waals surface area contributed by atoms with Crippen molar-refractivity contribution < 1.29 is 51.6 Å². The highest BCUT2D eigenvalue weighted by molar-refractivity contribution is 7.92. The molecule has 4 saturated heterocycles. The summed E-state index contributed by atoms with van der Waals surface area (Å²) in [6, 6.07) is 49.0. The molecule has 4 aliphatic heterocycles. The van der Waals surface area contributed by atoms with Crippen LogP contribution in [0.2, 0.25) is 18.1 Å². The molecule has 5 aromatic carbocycles. The first-order valence-corrected chi connectivity index (χ1v) is 26.7. The van der Waals surface area contributed by atoms with E-state index in [4.69, 9.17) is 47.1 Å². The van der Waals surface area contributed by atoms with E-state index < -0.39 is 92.6 Å². The van der Waals surface area contributed by atoms with E-state index in [-0.39, 0.29) is 31.5 Å². The normalized spacial score (nSPS) is 31.0. The fourth-order valence-electron chi connectivity index (χ4n) is 8.48. The van der Waals surface area contributed by atoms with E-state index in [9.17, 15) is 0 Å². The zero-order chi connectivity index (χ0) is 45.0. The highest BCUT2D eigenvalue weighted by Gasteiger charge is 2.60. The van der Waals surface area contributed by atoms with Crippen LogP contribution in [0.5, 0.6) is 0 Å². The molecule has 0 aliphatic carbocycles. The molecule has 0 spiro atoms. The monoisotopic (exact) mass is 920 g/mol. The van der Waals surface area contributed by atoms with Crippen molar-refractivity contribution in [1.29, 1.82) is 0 Å². The fourth-order valence-corrected chi connectivity index (χ4v) is 11.2. The summed E-state index contributed by atoms with van der Waals surface area (Å²) < 4.78 is 84.3. The second-order valence-electron chi connectivity index (χ2n) is 18.5. The largest absolute Gasteiger partial charge is 0.609 e. The van der Waals surface area contributed by atoms with E-state index in [1.807, 2.05) is 152 Å². The predicted molar refractivity (Wildman–Crippen MR) is 247 cm³/mol. The van der Waals surface area contributed by atoms with Crippen LogP contribution in [0.15, 0.2) is 157 Å². The van der Waals surface area contributed by atoms with Crippen LogP contribution in [0.25, 0.3) is 0 Å². The zero-order valence-electron chi connectivity index (χ0n) is 37.6. The molecule has 13 heteroatoms. The lowest BCUT2D eigenvalue weighted by Gasteiger charge is -2.53. The third-order valence-corrected chi connectivity index (χ3v) is 19.0. The summed E-state index contributed by atoms with van der Waals surface area (Å²) in [7, 11) is -2.62. The van der Waals surface area contributed by atoms with Gasteiger partial charge < -0.3 is 51.6 Å². The van der Waals surface area contributed by atoms with Gasteiger partial charge in [0.1, 0.15) is 42.7 Å². The van der Waals surface area contributed by atoms with Crippen molar-refractivity contribution in [3.05, 3.63) is 174 Å². The Hall–Kier alpha value is -3.77.